The number of likely N-dealkylation sites (tertiary alicyclic amines) is 1. The van der Waals surface area contributed by atoms with E-state index >= 15 is 0 Å². The smallest absolute Gasteiger partial charge is 0.310 e. The van der Waals surface area contributed by atoms with Crippen molar-refractivity contribution in [2.45, 2.75) is 19.9 Å². The molecule has 1 aliphatic heterocycles. The number of carboxylic acid groups (broad SMARTS) is 1. The Morgan fingerprint density at radius 1 is 1.55 bits per heavy atom. The maximum absolute atomic E-state index is 11.3. The second-order valence-electron chi connectivity index (χ2n) is 6.11. The number of halogens is 1. The summed E-state index contributed by atoms with van der Waals surface area (Å²) in [4.78, 5) is 13.5. The predicted molar refractivity (Wildman–Crippen MR) is 84.7 cm³/mol. The predicted octanol–water partition coefficient (Wildman–Crippen LogP) is 3.03. The molecule has 1 aromatic heterocycles. The van der Waals surface area contributed by atoms with Crippen molar-refractivity contribution in [1.82, 2.24) is 15.1 Å². The van der Waals surface area contributed by atoms with E-state index in [9.17, 15) is 9.90 Å². The number of aliphatic carboxylic acids is 1. The molecule has 1 fully saturated rings. The van der Waals surface area contributed by atoms with Gasteiger partial charge in [0.15, 0.2) is 0 Å². The highest BCUT2D eigenvalue weighted by atomic mass is 35.5. The van der Waals surface area contributed by atoms with E-state index in [1.807, 2.05) is 31.2 Å². The molecule has 3 rings (SSSR count). The summed E-state index contributed by atoms with van der Waals surface area (Å²) in [6, 6.07) is 7.61. The molecule has 0 radical (unpaired) electrons. The fourth-order valence-corrected chi connectivity index (χ4v) is 3.12. The second kappa shape index (κ2) is 5.74. The van der Waals surface area contributed by atoms with Gasteiger partial charge in [-0.2, -0.15) is 5.10 Å². The van der Waals surface area contributed by atoms with Gasteiger partial charge in [-0.1, -0.05) is 23.7 Å². The Bertz CT molecular complexity index is 700. The minimum Gasteiger partial charge on any atom is -0.481 e. The number of aromatic nitrogens is 2. The van der Waals surface area contributed by atoms with Crippen molar-refractivity contribution < 1.29 is 9.90 Å². The fraction of sp³-hybridized carbons (Fsp3) is 0.375. The van der Waals surface area contributed by atoms with E-state index in [0.29, 0.717) is 24.5 Å². The zero-order valence-corrected chi connectivity index (χ0v) is 13.1. The topological polar surface area (TPSA) is 69.2 Å². The minimum absolute atomic E-state index is 0.558. The Morgan fingerprint density at radius 2 is 2.36 bits per heavy atom. The van der Waals surface area contributed by atoms with Gasteiger partial charge in [-0.25, -0.2) is 0 Å². The molecule has 116 valence electrons. The SMILES string of the molecule is C[C@]1(C(=O)O)CCN(Cc2cn[nH]c2-c2cccc(Cl)c2)C1. The zero-order chi connectivity index (χ0) is 15.7. The summed E-state index contributed by atoms with van der Waals surface area (Å²) in [6.45, 7) is 3.83. The number of nitrogens with one attached hydrogen (secondary N) is 1. The van der Waals surface area contributed by atoms with Crippen molar-refractivity contribution in [1.29, 1.82) is 0 Å². The van der Waals surface area contributed by atoms with Crippen molar-refractivity contribution >= 4 is 17.6 Å². The molecule has 6 heteroatoms. The Hall–Kier alpha value is -1.85. The molecular weight excluding hydrogens is 302 g/mol. The molecule has 1 saturated heterocycles. The first-order valence-electron chi connectivity index (χ1n) is 7.22. The standard InChI is InChI=1S/C16H18ClN3O2/c1-16(15(21)22)5-6-20(10-16)9-12-8-18-19-14(12)11-3-2-4-13(17)7-11/h2-4,7-8H,5-6,9-10H2,1H3,(H,18,19)(H,21,22)/t16-/m0/s1. The lowest BCUT2D eigenvalue weighted by atomic mass is 9.90. The van der Waals surface area contributed by atoms with Crippen molar-refractivity contribution in [3.05, 3.63) is 41.0 Å². The zero-order valence-electron chi connectivity index (χ0n) is 12.3. The summed E-state index contributed by atoms with van der Waals surface area (Å²) in [6.07, 6.45) is 2.47. The highest BCUT2D eigenvalue weighted by Crippen LogP contribution is 2.32. The van der Waals surface area contributed by atoms with E-state index in [1.54, 1.807) is 6.20 Å². The first-order chi connectivity index (χ1) is 10.5. The van der Waals surface area contributed by atoms with Crippen molar-refractivity contribution in [2.75, 3.05) is 13.1 Å². The summed E-state index contributed by atoms with van der Waals surface area (Å²) in [5, 5.41) is 17.1. The highest BCUT2D eigenvalue weighted by Gasteiger charge is 2.40. The van der Waals surface area contributed by atoms with Crippen molar-refractivity contribution in [3.8, 4) is 11.3 Å². The molecule has 5 nitrogen and oxygen atoms in total. The normalized spacial score (nSPS) is 22.1. The average Bonchev–Trinajstić information content (AvgIpc) is 3.07. The molecule has 0 spiro atoms. The lowest BCUT2D eigenvalue weighted by Crippen LogP contribution is -2.31. The van der Waals surface area contributed by atoms with Gasteiger partial charge in [0.25, 0.3) is 0 Å². The Morgan fingerprint density at radius 3 is 3.05 bits per heavy atom. The highest BCUT2D eigenvalue weighted by molar-refractivity contribution is 6.30. The van der Waals surface area contributed by atoms with Crippen LogP contribution in [0.4, 0.5) is 0 Å². The molecule has 1 atom stereocenters. The maximum Gasteiger partial charge on any atom is 0.310 e. The van der Waals surface area contributed by atoms with E-state index in [4.69, 9.17) is 11.6 Å². The van der Waals surface area contributed by atoms with Gasteiger partial charge >= 0.3 is 5.97 Å². The van der Waals surface area contributed by atoms with Crippen LogP contribution in [-0.2, 0) is 11.3 Å². The van der Waals surface area contributed by atoms with Gasteiger partial charge in [0.05, 0.1) is 17.3 Å². The third kappa shape index (κ3) is 2.87. The van der Waals surface area contributed by atoms with Crippen LogP contribution in [0.1, 0.15) is 18.9 Å². The maximum atomic E-state index is 11.3. The van der Waals surface area contributed by atoms with Gasteiger partial charge < -0.3 is 5.11 Å². The lowest BCUT2D eigenvalue weighted by Gasteiger charge is -2.20. The van der Waals surface area contributed by atoms with Crippen LogP contribution in [0.5, 0.6) is 0 Å². The van der Waals surface area contributed by atoms with Crippen LogP contribution in [0.25, 0.3) is 11.3 Å². The number of rotatable bonds is 4. The third-order valence-corrected chi connectivity index (χ3v) is 4.53. The van der Waals surface area contributed by atoms with Crippen molar-refractivity contribution in [3.63, 3.8) is 0 Å². The fourth-order valence-electron chi connectivity index (χ4n) is 2.93. The third-order valence-electron chi connectivity index (χ3n) is 4.29. The first kappa shape index (κ1) is 15.1. The summed E-state index contributed by atoms with van der Waals surface area (Å²) in [5.41, 5.74) is 2.32. The van der Waals surface area contributed by atoms with Crippen LogP contribution in [-0.4, -0.2) is 39.3 Å². The molecule has 2 aromatic rings. The number of hydrogen-bond donors (Lipinski definition) is 2. The first-order valence-corrected chi connectivity index (χ1v) is 7.60. The molecule has 1 aromatic carbocycles. The molecule has 0 aliphatic carbocycles. The number of benzene rings is 1. The van der Waals surface area contributed by atoms with E-state index in [2.05, 4.69) is 15.1 Å². The number of H-pyrrole nitrogens is 1. The Labute approximate surface area is 133 Å². The molecule has 0 unspecified atom stereocenters. The van der Waals surface area contributed by atoms with Gasteiger partial charge in [-0.3, -0.25) is 14.8 Å². The van der Waals surface area contributed by atoms with E-state index in [1.165, 1.54) is 0 Å². The van der Waals surface area contributed by atoms with Gasteiger partial charge in [0.2, 0.25) is 0 Å². The largest absolute Gasteiger partial charge is 0.481 e. The average molecular weight is 320 g/mol. The van der Waals surface area contributed by atoms with E-state index < -0.39 is 11.4 Å². The van der Waals surface area contributed by atoms with Crippen LogP contribution >= 0.6 is 11.6 Å². The molecule has 2 heterocycles. The van der Waals surface area contributed by atoms with Crippen LogP contribution in [0.3, 0.4) is 0 Å². The Balaban J connectivity index is 1.78. The number of nitrogens with zero attached hydrogens (tertiary/aromatic N) is 2. The summed E-state index contributed by atoms with van der Waals surface area (Å²) in [5.74, 6) is -0.725. The van der Waals surface area contributed by atoms with Crippen LogP contribution in [0, 0.1) is 5.41 Å². The van der Waals surface area contributed by atoms with E-state index in [-0.39, 0.29) is 0 Å². The second-order valence-corrected chi connectivity index (χ2v) is 6.54. The lowest BCUT2D eigenvalue weighted by molar-refractivity contribution is -0.147. The van der Waals surface area contributed by atoms with Gasteiger partial charge in [0, 0.05) is 29.2 Å². The summed E-state index contributed by atoms with van der Waals surface area (Å²) in [7, 11) is 0. The summed E-state index contributed by atoms with van der Waals surface area (Å²) >= 11 is 6.05. The Kier molecular flexibility index (Phi) is 3.93. The van der Waals surface area contributed by atoms with Gasteiger partial charge in [-0.05, 0) is 32.0 Å². The number of aromatic amines is 1. The molecule has 2 N–H and O–H groups in total. The van der Waals surface area contributed by atoms with Crippen LogP contribution < -0.4 is 0 Å². The molecular formula is C16H18ClN3O2. The molecule has 22 heavy (non-hydrogen) atoms. The number of hydrogen-bond acceptors (Lipinski definition) is 3. The van der Waals surface area contributed by atoms with Crippen LogP contribution in [0.15, 0.2) is 30.5 Å². The quantitative estimate of drug-likeness (QED) is 0.909. The number of carbonyl (C=O) groups is 1. The molecule has 0 amide bonds. The van der Waals surface area contributed by atoms with E-state index in [0.717, 1.165) is 23.4 Å². The molecule has 1 aliphatic rings. The van der Waals surface area contributed by atoms with Gasteiger partial charge in [0.1, 0.15) is 0 Å². The molecule has 0 bridgehead atoms. The minimum atomic E-state index is -0.725. The number of carboxylic acids is 1. The monoisotopic (exact) mass is 319 g/mol. The van der Waals surface area contributed by atoms with Crippen molar-refractivity contribution in [2.24, 2.45) is 5.41 Å². The summed E-state index contributed by atoms with van der Waals surface area (Å²) < 4.78 is 0. The molecule has 0 saturated carbocycles. The van der Waals surface area contributed by atoms with Crippen LogP contribution in [0.2, 0.25) is 5.02 Å². The van der Waals surface area contributed by atoms with Gasteiger partial charge in [-0.15, -0.1) is 0 Å².